The van der Waals surface area contributed by atoms with Crippen molar-refractivity contribution < 1.29 is 19.1 Å². The van der Waals surface area contributed by atoms with Crippen LogP contribution in [0, 0.1) is 0 Å². The Bertz CT molecular complexity index is 715. The Morgan fingerprint density at radius 3 is 2.70 bits per heavy atom. The molecule has 3 aliphatic heterocycles. The Kier molecular flexibility index (Phi) is 4.95. The molecule has 3 aliphatic rings. The summed E-state index contributed by atoms with van der Waals surface area (Å²) in [6, 6.07) is 8.00. The van der Waals surface area contributed by atoms with Crippen molar-refractivity contribution in [2.45, 2.75) is 31.9 Å². The van der Waals surface area contributed by atoms with Crippen LogP contribution in [0.3, 0.4) is 0 Å². The van der Waals surface area contributed by atoms with Crippen LogP contribution in [0.5, 0.6) is 5.75 Å². The first-order chi connectivity index (χ1) is 13.1. The van der Waals surface area contributed by atoms with Gasteiger partial charge < -0.3 is 19.3 Å². The van der Waals surface area contributed by atoms with Gasteiger partial charge >= 0.3 is 6.09 Å². The van der Waals surface area contributed by atoms with E-state index in [0.29, 0.717) is 52.2 Å². The van der Waals surface area contributed by atoms with E-state index < -0.39 is 5.60 Å². The van der Waals surface area contributed by atoms with E-state index >= 15 is 0 Å². The number of nitrogens with zero attached hydrogens (tertiary/aromatic N) is 3. The van der Waals surface area contributed by atoms with Gasteiger partial charge in [0.15, 0.2) is 0 Å². The molecule has 0 N–H and O–H groups in total. The Labute approximate surface area is 159 Å². The van der Waals surface area contributed by atoms with Gasteiger partial charge in [-0.25, -0.2) is 4.79 Å². The fraction of sp³-hybridized carbons (Fsp3) is 0.600. The number of benzene rings is 1. The van der Waals surface area contributed by atoms with E-state index in [2.05, 4.69) is 11.0 Å². The number of para-hydroxylation sites is 1. The number of amides is 2. The van der Waals surface area contributed by atoms with Crippen molar-refractivity contribution in [3.8, 4) is 5.75 Å². The predicted molar refractivity (Wildman–Crippen MR) is 99.5 cm³/mol. The molecule has 2 amide bonds. The van der Waals surface area contributed by atoms with Gasteiger partial charge in [-0.1, -0.05) is 18.2 Å². The lowest BCUT2D eigenvalue weighted by molar-refractivity contribution is -0.136. The molecule has 7 heteroatoms. The normalized spacial score (nSPS) is 22.2. The Morgan fingerprint density at radius 2 is 1.96 bits per heavy atom. The smallest absolute Gasteiger partial charge is 0.410 e. The second-order valence-corrected chi connectivity index (χ2v) is 7.61. The third kappa shape index (κ3) is 3.74. The van der Waals surface area contributed by atoms with E-state index in [1.54, 1.807) is 4.90 Å². The molecule has 1 aromatic carbocycles. The Morgan fingerprint density at radius 1 is 1.19 bits per heavy atom. The molecule has 2 fully saturated rings. The van der Waals surface area contributed by atoms with Crippen LogP contribution in [0.15, 0.2) is 24.3 Å². The van der Waals surface area contributed by atoms with Gasteiger partial charge in [-0.15, -0.1) is 0 Å². The highest BCUT2D eigenvalue weighted by atomic mass is 16.6. The fourth-order valence-electron chi connectivity index (χ4n) is 4.17. The topological polar surface area (TPSA) is 62.3 Å². The highest BCUT2D eigenvalue weighted by Crippen LogP contribution is 2.33. The maximum atomic E-state index is 12.8. The number of hydrogen-bond acceptors (Lipinski definition) is 5. The molecule has 0 bridgehead atoms. The summed E-state index contributed by atoms with van der Waals surface area (Å²) in [6.07, 6.45) is 1.21. The minimum absolute atomic E-state index is 0.140. The van der Waals surface area contributed by atoms with Crippen LogP contribution in [0.2, 0.25) is 0 Å². The van der Waals surface area contributed by atoms with Crippen molar-refractivity contribution in [2.24, 2.45) is 0 Å². The molecule has 7 nitrogen and oxygen atoms in total. The predicted octanol–water partition coefficient (Wildman–Crippen LogP) is 1.71. The first-order valence-corrected chi connectivity index (χ1v) is 9.77. The number of ether oxygens (including phenoxy) is 2. The average molecular weight is 373 g/mol. The molecule has 2 saturated heterocycles. The molecule has 4 rings (SSSR count). The molecular formula is C20H27N3O4. The standard InChI is InChI=1S/C20H27N3O4/c1-2-22-15-20(27-19(22)25)7-9-23(10-8-20)18(24)14-21-11-12-26-17-6-4-3-5-16(17)13-21/h3-6H,2,7-15H2,1H3. The van der Waals surface area contributed by atoms with Crippen LogP contribution in [-0.4, -0.2) is 78.2 Å². The molecule has 0 saturated carbocycles. The number of carbonyl (C=O) groups excluding carboxylic acids is 2. The summed E-state index contributed by atoms with van der Waals surface area (Å²) in [6.45, 7) is 7.01. The highest BCUT2D eigenvalue weighted by molar-refractivity contribution is 5.78. The van der Waals surface area contributed by atoms with Gasteiger partial charge in [0.25, 0.3) is 0 Å². The second-order valence-electron chi connectivity index (χ2n) is 7.61. The number of carbonyl (C=O) groups is 2. The molecule has 0 aliphatic carbocycles. The zero-order valence-electron chi connectivity index (χ0n) is 15.9. The molecule has 27 heavy (non-hydrogen) atoms. The molecule has 0 radical (unpaired) electrons. The third-order valence-corrected chi connectivity index (χ3v) is 5.84. The summed E-state index contributed by atoms with van der Waals surface area (Å²) in [4.78, 5) is 30.5. The lowest BCUT2D eigenvalue weighted by Gasteiger charge is -2.38. The number of rotatable bonds is 3. The third-order valence-electron chi connectivity index (χ3n) is 5.84. The van der Waals surface area contributed by atoms with Gasteiger partial charge in [-0.3, -0.25) is 9.69 Å². The lowest BCUT2D eigenvalue weighted by atomic mass is 9.91. The van der Waals surface area contributed by atoms with Gasteiger partial charge in [-0.2, -0.15) is 0 Å². The van der Waals surface area contributed by atoms with E-state index in [9.17, 15) is 9.59 Å². The van der Waals surface area contributed by atoms with Crippen molar-refractivity contribution in [2.75, 3.05) is 45.9 Å². The van der Waals surface area contributed by atoms with Crippen molar-refractivity contribution in [1.29, 1.82) is 0 Å². The van der Waals surface area contributed by atoms with Crippen molar-refractivity contribution in [1.82, 2.24) is 14.7 Å². The van der Waals surface area contributed by atoms with Crippen molar-refractivity contribution in [3.63, 3.8) is 0 Å². The molecule has 3 heterocycles. The first kappa shape index (κ1) is 18.1. The minimum Gasteiger partial charge on any atom is -0.492 e. The Balaban J connectivity index is 1.32. The molecular weight excluding hydrogens is 346 g/mol. The van der Waals surface area contributed by atoms with Crippen molar-refractivity contribution >= 4 is 12.0 Å². The maximum Gasteiger partial charge on any atom is 0.410 e. The lowest BCUT2D eigenvalue weighted by Crippen LogP contribution is -2.51. The number of fused-ring (bicyclic) bond motifs is 1. The second kappa shape index (κ2) is 7.38. The number of piperidine rings is 1. The van der Waals surface area contributed by atoms with Crippen LogP contribution in [-0.2, 0) is 16.1 Å². The summed E-state index contributed by atoms with van der Waals surface area (Å²) < 4.78 is 11.4. The number of hydrogen-bond donors (Lipinski definition) is 0. The molecule has 146 valence electrons. The van der Waals surface area contributed by atoms with Crippen LogP contribution in [0.1, 0.15) is 25.3 Å². The largest absolute Gasteiger partial charge is 0.492 e. The van der Waals surface area contributed by atoms with E-state index in [1.807, 2.05) is 30.0 Å². The minimum atomic E-state index is -0.404. The highest BCUT2D eigenvalue weighted by Gasteiger charge is 2.47. The van der Waals surface area contributed by atoms with E-state index in [4.69, 9.17) is 9.47 Å². The summed E-state index contributed by atoms with van der Waals surface area (Å²) in [5.74, 6) is 1.05. The van der Waals surface area contributed by atoms with Gasteiger partial charge in [0.1, 0.15) is 18.0 Å². The monoisotopic (exact) mass is 373 g/mol. The van der Waals surface area contributed by atoms with E-state index in [0.717, 1.165) is 24.4 Å². The quantitative estimate of drug-likeness (QED) is 0.807. The maximum absolute atomic E-state index is 12.8. The molecule has 0 atom stereocenters. The van der Waals surface area contributed by atoms with Crippen LogP contribution in [0.25, 0.3) is 0 Å². The molecule has 0 aromatic heterocycles. The summed E-state index contributed by atoms with van der Waals surface area (Å²) in [5.41, 5.74) is 0.720. The van der Waals surface area contributed by atoms with Gasteiger partial charge in [0.05, 0.1) is 13.1 Å². The zero-order valence-corrected chi connectivity index (χ0v) is 15.9. The zero-order chi connectivity index (χ0) is 18.9. The molecule has 1 spiro atoms. The number of likely N-dealkylation sites (N-methyl/N-ethyl adjacent to an activating group) is 1. The Hall–Kier alpha value is -2.28. The number of likely N-dealkylation sites (tertiary alicyclic amines) is 1. The summed E-state index contributed by atoms with van der Waals surface area (Å²) in [5, 5.41) is 0. The van der Waals surface area contributed by atoms with Gasteiger partial charge in [0, 0.05) is 51.1 Å². The fourth-order valence-corrected chi connectivity index (χ4v) is 4.17. The summed E-state index contributed by atoms with van der Waals surface area (Å²) >= 11 is 0. The summed E-state index contributed by atoms with van der Waals surface area (Å²) in [7, 11) is 0. The first-order valence-electron chi connectivity index (χ1n) is 9.77. The van der Waals surface area contributed by atoms with Crippen LogP contribution < -0.4 is 4.74 Å². The van der Waals surface area contributed by atoms with Gasteiger partial charge in [0.2, 0.25) is 5.91 Å². The van der Waals surface area contributed by atoms with Crippen molar-refractivity contribution in [3.05, 3.63) is 29.8 Å². The van der Waals surface area contributed by atoms with Gasteiger partial charge in [-0.05, 0) is 13.0 Å². The van der Waals surface area contributed by atoms with E-state index in [-0.39, 0.29) is 12.0 Å². The van der Waals surface area contributed by atoms with E-state index in [1.165, 1.54) is 0 Å². The molecule has 1 aromatic rings. The molecule has 0 unspecified atom stereocenters. The average Bonchev–Trinajstić information content (AvgIpc) is 2.85. The van der Waals surface area contributed by atoms with Crippen LogP contribution in [0.4, 0.5) is 4.79 Å². The van der Waals surface area contributed by atoms with Crippen LogP contribution >= 0.6 is 0 Å². The SMILES string of the molecule is CCN1CC2(CCN(C(=O)CN3CCOc4ccccc4C3)CC2)OC1=O.